The number of benzene rings is 2. The summed E-state index contributed by atoms with van der Waals surface area (Å²) >= 11 is 0. The quantitative estimate of drug-likeness (QED) is 0.756. The lowest BCUT2D eigenvalue weighted by Crippen LogP contribution is -2.45. The normalized spacial score (nSPS) is 13.0. The highest BCUT2D eigenvalue weighted by Crippen LogP contribution is 2.12. The predicted octanol–water partition coefficient (Wildman–Crippen LogP) is 1.79. The molecule has 126 valence electrons. The lowest BCUT2D eigenvalue weighted by atomic mass is 10.1. The van der Waals surface area contributed by atoms with Crippen molar-refractivity contribution in [1.29, 1.82) is 0 Å². The van der Waals surface area contributed by atoms with Crippen molar-refractivity contribution < 1.29 is 19.1 Å². The Morgan fingerprint density at radius 1 is 1.08 bits per heavy atom. The molecule has 24 heavy (non-hydrogen) atoms. The number of carbonyl (C=O) groups is 2. The second-order valence-electron chi connectivity index (χ2n) is 5.37. The summed E-state index contributed by atoms with van der Waals surface area (Å²) in [7, 11) is 0. The topological polar surface area (TPSA) is 78.4 Å². The maximum atomic E-state index is 12.8. The fraction of sp³-hybridized carbons (Fsp3) is 0.222. The molecule has 3 N–H and O–H groups in total. The highest BCUT2D eigenvalue weighted by Gasteiger charge is 2.17. The molecule has 0 aliphatic carbocycles. The number of carbonyl (C=O) groups excluding carboxylic acids is 2. The van der Waals surface area contributed by atoms with Gasteiger partial charge >= 0.3 is 0 Å². The standard InChI is InChI=1S/C18H19FN2O3/c1-12(21-18(24)14-5-3-2-4-6-14)17(23)20-11-16(22)13-7-9-15(19)10-8-13/h2-10,12,16,22H,11H2,1H3,(H,20,23)(H,21,24). The van der Waals surface area contributed by atoms with Crippen molar-refractivity contribution in [2.24, 2.45) is 0 Å². The summed E-state index contributed by atoms with van der Waals surface area (Å²) in [5.41, 5.74) is 0.959. The van der Waals surface area contributed by atoms with Crippen molar-refractivity contribution in [2.75, 3.05) is 6.54 Å². The Morgan fingerprint density at radius 3 is 2.33 bits per heavy atom. The van der Waals surface area contributed by atoms with Gasteiger partial charge in [0.15, 0.2) is 0 Å². The number of rotatable bonds is 6. The van der Waals surface area contributed by atoms with E-state index >= 15 is 0 Å². The lowest BCUT2D eigenvalue weighted by molar-refractivity contribution is -0.123. The van der Waals surface area contributed by atoms with Gasteiger partial charge in [0, 0.05) is 12.1 Å². The van der Waals surface area contributed by atoms with Gasteiger partial charge in [-0.25, -0.2) is 4.39 Å². The third-order valence-corrected chi connectivity index (χ3v) is 3.50. The average molecular weight is 330 g/mol. The zero-order chi connectivity index (χ0) is 17.5. The fourth-order valence-electron chi connectivity index (χ4n) is 2.09. The first-order valence-corrected chi connectivity index (χ1v) is 7.54. The van der Waals surface area contributed by atoms with Crippen LogP contribution in [0.25, 0.3) is 0 Å². The van der Waals surface area contributed by atoms with E-state index in [1.807, 2.05) is 0 Å². The van der Waals surface area contributed by atoms with E-state index in [9.17, 15) is 19.1 Å². The van der Waals surface area contributed by atoms with Gasteiger partial charge in [-0.2, -0.15) is 0 Å². The molecule has 0 aliphatic heterocycles. The number of nitrogens with one attached hydrogen (secondary N) is 2. The molecule has 0 aliphatic rings. The van der Waals surface area contributed by atoms with E-state index in [1.54, 1.807) is 37.3 Å². The Hall–Kier alpha value is -2.73. The third-order valence-electron chi connectivity index (χ3n) is 3.50. The van der Waals surface area contributed by atoms with Gasteiger partial charge in [-0.1, -0.05) is 30.3 Å². The minimum Gasteiger partial charge on any atom is -0.387 e. The highest BCUT2D eigenvalue weighted by molar-refractivity contribution is 5.97. The van der Waals surface area contributed by atoms with Gasteiger partial charge in [-0.3, -0.25) is 9.59 Å². The second kappa shape index (κ2) is 8.21. The van der Waals surface area contributed by atoms with Crippen molar-refractivity contribution in [3.63, 3.8) is 0 Å². The maximum absolute atomic E-state index is 12.8. The minimum absolute atomic E-state index is 0.0317. The second-order valence-corrected chi connectivity index (χ2v) is 5.37. The molecule has 0 fully saturated rings. The van der Waals surface area contributed by atoms with E-state index in [2.05, 4.69) is 10.6 Å². The molecule has 2 aromatic carbocycles. The third kappa shape index (κ3) is 4.89. The predicted molar refractivity (Wildman–Crippen MR) is 87.7 cm³/mol. The Morgan fingerprint density at radius 2 is 1.71 bits per heavy atom. The van der Waals surface area contributed by atoms with Crippen LogP contribution in [0.1, 0.15) is 28.9 Å². The van der Waals surface area contributed by atoms with Crippen LogP contribution in [0.3, 0.4) is 0 Å². The Balaban J connectivity index is 1.83. The molecule has 0 heterocycles. The van der Waals surface area contributed by atoms with Crippen molar-refractivity contribution in [3.05, 3.63) is 71.5 Å². The Bertz CT molecular complexity index is 689. The van der Waals surface area contributed by atoms with Crippen molar-refractivity contribution >= 4 is 11.8 Å². The number of aliphatic hydroxyl groups is 1. The van der Waals surface area contributed by atoms with Gasteiger partial charge in [0.25, 0.3) is 5.91 Å². The monoisotopic (exact) mass is 330 g/mol. The van der Waals surface area contributed by atoms with E-state index in [0.717, 1.165) is 0 Å². The zero-order valence-corrected chi connectivity index (χ0v) is 13.2. The summed E-state index contributed by atoms with van der Waals surface area (Å²) in [5.74, 6) is -1.16. The van der Waals surface area contributed by atoms with Crippen LogP contribution in [-0.4, -0.2) is 29.5 Å². The minimum atomic E-state index is -0.952. The molecule has 5 nitrogen and oxygen atoms in total. The SMILES string of the molecule is CC(NC(=O)c1ccccc1)C(=O)NCC(O)c1ccc(F)cc1. The van der Waals surface area contributed by atoms with Crippen molar-refractivity contribution in [1.82, 2.24) is 10.6 Å². The molecule has 0 spiro atoms. The number of hydrogen-bond acceptors (Lipinski definition) is 3. The molecule has 2 aromatic rings. The highest BCUT2D eigenvalue weighted by atomic mass is 19.1. The summed E-state index contributed by atoms with van der Waals surface area (Å²) in [5, 5.41) is 15.1. The van der Waals surface area contributed by atoms with Crippen molar-refractivity contribution in [2.45, 2.75) is 19.1 Å². The molecule has 0 bridgehead atoms. The van der Waals surface area contributed by atoms with Crippen LogP contribution in [0.2, 0.25) is 0 Å². The van der Waals surface area contributed by atoms with E-state index in [1.165, 1.54) is 24.3 Å². The number of halogens is 1. The lowest BCUT2D eigenvalue weighted by Gasteiger charge is -2.16. The van der Waals surface area contributed by atoms with Crippen LogP contribution >= 0.6 is 0 Å². The van der Waals surface area contributed by atoms with Gasteiger partial charge in [0.1, 0.15) is 11.9 Å². The molecule has 0 radical (unpaired) electrons. The molecular weight excluding hydrogens is 311 g/mol. The molecule has 2 rings (SSSR count). The Kier molecular flexibility index (Phi) is 6.03. The van der Waals surface area contributed by atoms with E-state index in [0.29, 0.717) is 11.1 Å². The molecule has 2 unspecified atom stereocenters. The summed E-state index contributed by atoms with van der Waals surface area (Å²) in [6, 6.07) is 13.2. The smallest absolute Gasteiger partial charge is 0.251 e. The van der Waals surface area contributed by atoms with Crippen LogP contribution in [0.5, 0.6) is 0 Å². The molecular formula is C18H19FN2O3. The molecule has 0 saturated carbocycles. The number of hydrogen-bond donors (Lipinski definition) is 3. The van der Waals surface area contributed by atoms with Crippen LogP contribution in [0.4, 0.5) is 4.39 Å². The van der Waals surface area contributed by atoms with E-state index in [-0.39, 0.29) is 12.5 Å². The number of aliphatic hydroxyl groups excluding tert-OH is 1. The molecule has 0 saturated heterocycles. The average Bonchev–Trinajstić information content (AvgIpc) is 2.60. The first-order chi connectivity index (χ1) is 11.5. The van der Waals surface area contributed by atoms with Gasteiger partial charge in [-0.05, 0) is 36.8 Å². The maximum Gasteiger partial charge on any atom is 0.251 e. The summed E-state index contributed by atoms with van der Waals surface area (Å²) < 4.78 is 12.8. The zero-order valence-electron chi connectivity index (χ0n) is 13.2. The molecule has 2 amide bonds. The van der Waals surface area contributed by atoms with Gasteiger partial charge in [0.2, 0.25) is 5.91 Å². The molecule has 0 aromatic heterocycles. The molecule has 6 heteroatoms. The summed E-state index contributed by atoms with van der Waals surface area (Å²) in [6.07, 6.45) is -0.952. The summed E-state index contributed by atoms with van der Waals surface area (Å²) in [4.78, 5) is 24.0. The largest absolute Gasteiger partial charge is 0.387 e. The van der Waals surface area contributed by atoms with Gasteiger partial charge in [0.05, 0.1) is 6.10 Å². The fourth-order valence-corrected chi connectivity index (χ4v) is 2.09. The summed E-state index contributed by atoms with van der Waals surface area (Å²) in [6.45, 7) is 1.52. The van der Waals surface area contributed by atoms with Crippen LogP contribution in [0.15, 0.2) is 54.6 Å². The first kappa shape index (κ1) is 17.6. The Labute approximate surface area is 139 Å². The number of amides is 2. The van der Waals surface area contributed by atoms with E-state index < -0.39 is 23.9 Å². The van der Waals surface area contributed by atoms with Crippen molar-refractivity contribution in [3.8, 4) is 0 Å². The van der Waals surface area contributed by atoms with Crippen LogP contribution < -0.4 is 10.6 Å². The van der Waals surface area contributed by atoms with Gasteiger partial charge < -0.3 is 15.7 Å². The van der Waals surface area contributed by atoms with Crippen LogP contribution in [0, 0.1) is 5.82 Å². The molecule has 2 atom stereocenters. The van der Waals surface area contributed by atoms with Gasteiger partial charge in [-0.15, -0.1) is 0 Å². The van der Waals surface area contributed by atoms with E-state index in [4.69, 9.17) is 0 Å². The first-order valence-electron chi connectivity index (χ1n) is 7.54. The van der Waals surface area contributed by atoms with Crippen LogP contribution in [-0.2, 0) is 4.79 Å².